The molecule has 0 bridgehead atoms. The van der Waals surface area contributed by atoms with E-state index in [9.17, 15) is 14.7 Å². The number of amides is 2. The van der Waals surface area contributed by atoms with Crippen molar-refractivity contribution in [1.29, 1.82) is 0 Å². The van der Waals surface area contributed by atoms with Crippen molar-refractivity contribution in [3.8, 4) is 5.75 Å². The number of carbonyl (C=O) groups is 2. The fourth-order valence-corrected chi connectivity index (χ4v) is 1.02. The van der Waals surface area contributed by atoms with Crippen LogP contribution in [0.25, 0.3) is 0 Å². The normalized spacial score (nSPS) is 10.3. The molecule has 0 heterocycles. The van der Waals surface area contributed by atoms with Crippen molar-refractivity contribution >= 4 is 29.6 Å². The van der Waals surface area contributed by atoms with Crippen molar-refractivity contribution in [3.63, 3.8) is 0 Å². The number of nitrogens with one attached hydrogen (secondary N) is 1. The molecule has 0 aliphatic carbocycles. The molecule has 6 nitrogen and oxygen atoms in total. The number of hydrogen-bond donors (Lipinski definition) is 3. The highest BCUT2D eigenvalue weighted by molar-refractivity contribution is 6.34. The number of hydrogen-bond acceptors (Lipinski definition) is 4. The maximum Gasteiger partial charge on any atom is 0.329 e. The topological polar surface area (TPSA) is 105 Å². The molecule has 0 saturated carbocycles. The molecule has 2 amide bonds. The summed E-state index contributed by atoms with van der Waals surface area (Å²) < 4.78 is 0. The Hall–Kier alpha value is -2.08. The Morgan fingerprint density at radius 2 is 2.19 bits per heavy atom. The molecule has 1 aromatic carbocycles. The highest BCUT2D eigenvalue weighted by Gasteiger charge is 2.05. The number of phenolic OH excluding ortho intramolecular Hbond substituents is 1. The van der Waals surface area contributed by atoms with Crippen LogP contribution >= 0.6 is 11.6 Å². The Balaban J connectivity index is 2.73. The average molecular weight is 242 g/mol. The zero-order valence-electron chi connectivity index (χ0n) is 7.98. The fraction of sp³-hybridized carbons (Fsp3) is 0. The van der Waals surface area contributed by atoms with Gasteiger partial charge in [-0.1, -0.05) is 11.6 Å². The molecule has 0 fully saturated rings. The second kappa shape index (κ2) is 5.13. The molecule has 0 radical (unpaired) electrons. The molecule has 0 unspecified atom stereocenters. The molecule has 4 N–H and O–H groups in total. The number of carbonyl (C=O) groups excluding carboxylic acids is 2. The second-order valence-electron chi connectivity index (χ2n) is 2.77. The van der Waals surface area contributed by atoms with Gasteiger partial charge >= 0.3 is 11.8 Å². The summed E-state index contributed by atoms with van der Waals surface area (Å²) in [6.07, 6.45) is 1.14. The minimum Gasteiger partial charge on any atom is -0.507 e. The van der Waals surface area contributed by atoms with E-state index in [1.54, 1.807) is 0 Å². The Morgan fingerprint density at radius 1 is 1.50 bits per heavy atom. The number of halogens is 1. The molecule has 1 rings (SSSR count). The standard InChI is InChI=1S/C9H8ClN3O3/c10-6-1-2-7(14)5(3-6)4-12-13-9(16)8(11)15/h1-4,14H,(H2,11,15)(H,13,16)/b12-4+. The van der Waals surface area contributed by atoms with Gasteiger partial charge in [0.05, 0.1) is 6.21 Å². The van der Waals surface area contributed by atoms with Crippen LogP contribution in [-0.4, -0.2) is 23.1 Å². The molecule has 1 aromatic rings. The number of phenols is 1. The van der Waals surface area contributed by atoms with E-state index in [2.05, 4.69) is 10.8 Å². The summed E-state index contributed by atoms with van der Waals surface area (Å²) in [5.41, 5.74) is 6.86. The molecule has 0 spiro atoms. The van der Waals surface area contributed by atoms with E-state index in [1.165, 1.54) is 18.2 Å². The first-order valence-corrected chi connectivity index (χ1v) is 4.50. The third kappa shape index (κ3) is 3.25. The number of primary amides is 1. The van der Waals surface area contributed by atoms with Gasteiger partial charge in [-0.05, 0) is 18.2 Å². The van der Waals surface area contributed by atoms with E-state index in [-0.39, 0.29) is 5.75 Å². The second-order valence-corrected chi connectivity index (χ2v) is 3.20. The lowest BCUT2D eigenvalue weighted by Gasteiger charge is -1.98. The summed E-state index contributed by atoms with van der Waals surface area (Å²) in [6.45, 7) is 0. The van der Waals surface area contributed by atoms with Crippen molar-refractivity contribution in [1.82, 2.24) is 5.43 Å². The Bertz CT molecular complexity index is 459. The Labute approximate surface area is 95.7 Å². The minimum absolute atomic E-state index is 0.0542. The van der Waals surface area contributed by atoms with Crippen molar-refractivity contribution < 1.29 is 14.7 Å². The van der Waals surface area contributed by atoms with Crippen LogP contribution in [0.1, 0.15) is 5.56 Å². The SMILES string of the molecule is NC(=O)C(=O)N/N=C/c1cc(Cl)ccc1O. The van der Waals surface area contributed by atoms with Gasteiger partial charge in [-0.25, -0.2) is 5.43 Å². The molecule has 84 valence electrons. The maximum atomic E-state index is 10.7. The Morgan fingerprint density at radius 3 is 2.81 bits per heavy atom. The number of hydrazone groups is 1. The molecular weight excluding hydrogens is 234 g/mol. The van der Waals surface area contributed by atoms with Crippen molar-refractivity contribution in [3.05, 3.63) is 28.8 Å². The van der Waals surface area contributed by atoms with E-state index in [4.69, 9.17) is 11.6 Å². The predicted molar refractivity (Wildman–Crippen MR) is 58.0 cm³/mol. The molecule has 7 heteroatoms. The van der Waals surface area contributed by atoms with E-state index >= 15 is 0 Å². The lowest BCUT2D eigenvalue weighted by molar-refractivity contribution is -0.137. The summed E-state index contributed by atoms with van der Waals surface area (Å²) in [5.74, 6) is -2.24. The zero-order valence-corrected chi connectivity index (χ0v) is 8.73. The smallest absolute Gasteiger partial charge is 0.329 e. The summed E-state index contributed by atoms with van der Waals surface area (Å²) in [4.78, 5) is 21.0. The van der Waals surface area contributed by atoms with Gasteiger partial charge in [0.25, 0.3) is 0 Å². The van der Waals surface area contributed by atoms with Gasteiger partial charge in [-0.15, -0.1) is 0 Å². The first-order chi connectivity index (χ1) is 7.50. The molecule has 16 heavy (non-hydrogen) atoms. The summed E-state index contributed by atoms with van der Waals surface area (Å²) >= 11 is 5.67. The van der Waals surface area contributed by atoms with Crippen molar-refractivity contribution in [2.45, 2.75) is 0 Å². The predicted octanol–water partition coefficient (Wildman–Crippen LogP) is -0.0190. The van der Waals surface area contributed by atoms with Gasteiger partial charge < -0.3 is 10.8 Å². The van der Waals surface area contributed by atoms with Crippen LogP contribution in [0.3, 0.4) is 0 Å². The monoisotopic (exact) mass is 241 g/mol. The number of aromatic hydroxyl groups is 1. The molecule has 0 saturated heterocycles. The van der Waals surface area contributed by atoms with E-state index in [1.807, 2.05) is 5.43 Å². The third-order valence-electron chi connectivity index (χ3n) is 1.58. The van der Waals surface area contributed by atoms with Crippen LogP contribution in [0, 0.1) is 0 Å². The van der Waals surface area contributed by atoms with Crippen LogP contribution < -0.4 is 11.2 Å². The number of nitrogens with zero attached hydrogens (tertiary/aromatic N) is 1. The van der Waals surface area contributed by atoms with E-state index in [0.29, 0.717) is 10.6 Å². The third-order valence-corrected chi connectivity index (χ3v) is 1.82. The van der Waals surface area contributed by atoms with Gasteiger partial charge in [0.2, 0.25) is 0 Å². The summed E-state index contributed by atoms with van der Waals surface area (Å²) in [7, 11) is 0. The molecule has 0 aliphatic rings. The molecule has 0 aromatic heterocycles. The van der Waals surface area contributed by atoms with E-state index in [0.717, 1.165) is 6.21 Å². The van der Waals surface area contributed by atoms with Gasteiger partial charge in [-0.2, -0.15) is 5.10 Å². The van der Waals surface area contributed by atoms with Gasteiger partial charge in [0.1, 0.15) is 5.75 Å². The van der Waals surface area contributed by atoms with Gasteiger partial charge in [0.15, 0.2) is 0 Å². The maximum absolute atomic E-state index is 10.7. The fourth-order valence-electron chi connectivity index (χ4n) is 0.844. The average Bonchev–Trinajstić information content (AvgIpc) is 2.22. The van der Waals surface area contributed by atoms with E-state index < -0.39 is 11.8 Å². The quantitative estimate of drug-likeness (QED) is 0.385. The lowest BCUT2D eigenvalue weighted by Crippen LogP contribution is -2.32. The molecule has 0 aliphatic heterocycles. The van der Waals surface area contributed by atoms with Crippen LogP contribution in [0.4, 0.5) is 0 Å². The first-order valence-electron chi connectivity index (χ1n) is 4.12. The molecular formula is C9H8ClN3O3. The van der Waals surface area contributed by atoms with Crippen LogP contribution in [0.15, 0.2) is 23.3 Å². The van der Waals surface area contributed by atoms with Crippen LogP contribution in [-0.2, 0) is 9.59 Å². The van der Waals surface area contributed by atoms with Gasteiger partial charge in [-0.3, -0.25) is 9.59 Å². The van der Waals surface area contributed by atoms with Gasteiger partial charge in [0, 0.05) is 10.6 Å². The zero-order chi connectivity index (χ0) is 12.1. The highest BCUT2D eigenvalue weighted by atomic mass is 35.5. The van der Waals surface area contributed by atoms with Crippen molar-refractivity contribution in [2.24, 2.45) is 10.8 Å². The highest BCUT2D eigenvalue weighted by Crippen LogP contribution is 2.19. The largest absolute Gasteiger partial charge is 0.507 e. The number of benzene rings is 1. The summed E-state index contributed by atoms with van der Waals surface area (Å²) in [5, 5.41) is 13.2. The lowest BCUT2D eigenvalue weighted by atomic mass is 10.2. The summed E-state index contributed by atoms with van der Waals surface area (Å²) in [6, 6.07) is 4.31. The van der Waals surface area contributed by atoms with Crippen LogP contribution in [0.2, 0.25) is 5.02 Å². The molecule has 0 atom stereocenters. The number of rotatable bonds is 2. The van der Waals surface area contributed by atoms with Crippen molar-refractivity contribution in [2.75, 3.05) is 0 Å². The van der Waals surface area contributed by atoms with Crippen LogP contribution in [0.5, 0.6) is 5.75 Å². The minimum atomic E-state index is -1.15. The number of nitrogens with two attached hydrogens (primary N) is 1. The first kappa shape index (κ1) is 12.0. The Kier molecular flexibility index (Phi) is 3.84.